The van der Waals surface area contributed by atoms with Crippen molar-refractivity contribution in [3.63, 3.8) is 0 Å². The Morgan fingerprint density at radius 2 is 2.20 bits per heavy atom. The molecule has 0 radical (unpaired) electrons. The molecule has 0 aromatic heterocycles. The molecule has 0 saturated heterocycles. The molecule has 0 fully saturated rings. The Balaban J connectivity index is 3.13. The summed E-state index contributed by atoms with van der Waals surface area (Å²) in [5.41, 5.74) is -0.296. The van der Waals surface area contributed by atoms with Gasteiger partial charge < -0.3 is 5.32 Å². The van der Waals surface area contributed by atoms with E-state index < -0.39 is 10.8 Å². The summed E-state index contributed by atoms with van der Waals surface area (Å²) >= 11 is 11.0. The van der Waals surface area contributed by atoms with E-state index >= 15 is 0 Å². The molecular weight excluding hydrogens is 243 g/mol. The number of benzene rings is 1. The number of halogens is 2. The van der Waals surface area contributed by atoms with Gasteiger partial charge in [-0.1, -0.05) is 17.7 Å². The van der Waals surface area contributed by atoms with Crippen molar-refractivity contribution in [3.8, 4) is 0 Å². The molecule has 0 aliphatic rings. The molecule has 80 valence electrons. The number of nitro groups is 1. The number of carbonyl (C=O) groups is 1. The number of anilines is 1. The third-order valence-corrected chi connectivity index (χ3v) is 2.13. The second kappa shape index (κ2) is 4.95. The summed E-state index contributed by atoms with van der Waals surface area (Å²) in [7, 11) is 0. The van der Waals surface area contributed by atoms with Crippen LogP contribution in [0.5, 0.6) is 0 Å². The molecule has 0 spiro atoms. The van der Waals surface area contributed by atoms with Crippen molar-refractivity contribution in [1.82, 2.24) is 0 Å². The van der Waals surface area contributed by atoms with Gasteiger partial charge in [-0.25, -0.2) is 0 Å². The van der Waals surface area contributed by atoms with Crippen LogP contribution in [0.2, 0.25) is 5.02 Å². The van der Waals surface area contributed by atoms with Gasteiger partial charge in [-0.3, -0.25) is 14.9 Å². The first-order chi connectivity index (χ1) is 7.06. The third-order valence-electron chi connectivity index (χ3n) is 1.57. The number of nitrogens with one attached hydrogen (secondary N) is 1. The Morgan fingerprint density at radius 3 is 2.73 bits per heavy atom. The van der Waals surface area contributed by atoms with E-state index in [4.69, 9.17) is 23.2 Å². The standard InChI is InChI=1S/C8H6Cl2N2O3/c9-4-7(13)11-8-5(10)2-1-3-6(8)12(14)15/h1-3H,4H2,(H,11,13). The second-order valence-corrected chi connectivity index (χ2v) is 3.25. The summed E-state index contributed by atoms with van der Waals surface area (Å²) < 4.78 is 0. The van der Waals surface area contributed by atoms with Gasteiger partial charge in [0.15, 0.2) is 0 Å². The van der Waals surface area contributed by atoms with E-state index in [1.54, 1.807) is 0 Å². The monoisotopic (exact) mass is 248 g/mol. The fourth-order valence-electron chi connectivity index (χ4n) is 0.961. The molecule has 1 amide bonds. The predicted molar refractivity (Wildman–Crippen MR) is 57.5 cm³/mol. The lowest BCUT2D eigenvalue weighted by atomic mass is 10.2. The minimum absolute atomic E-state index is 0.0326. The summed E-state index contributed by atoms with van der Waals surface area (Å²) in [5, 5.41) is 13.0. The van der Waals surface area contributed by atoms with Crippen LogP contribution in [0.25, 0.3) is 0 Å². The Morgan fingerprint density at radius 1 is 1.53 bits per heavy atom. The van der Waals surface area contributed by atoms with E-state index in [-0.39, 0.29) is 22.3 Å². The van der Waals surface area contributed by atoms with Crippen molar-refractivity contribution in [2.45, 2.75) is 0 Å². The molecule has 1 N–H and O–H groups in total. The van der Waals surface area contributed by atoms with Crippen molar-refractivity contribution in [1.29, 1.82) is 0 Å². The topological polar surface area (TPSA) is 72.2 Å². The maximum Gasteiger partial charge on any atom is 0.294 e. The first-order valence-corrected chi connectivity index (χ1v) is 4.76. The molecular formula is C8H6Cl2N2O3. The van der Waals surface area contributed by atoms with Crippen LogP contribution < -0.4 is 5.32 Å². The molecule has 15 heavy (non-hydrogen) atoms. The summed E-state index contributed by atoms with van der Waals surface area (Å²) in [6.07, 6.45) is 0. The minimum atomic E-state index is -0.629. The van der Waals surface area contributed by atoms with Crippen molar-refractivity contribution < 1.29 is 9.72 Å². The van der Waals surface area contributed by atoms with Gasteiger partial charge in [0.1, 0.15) is 11.6 Å². The number of amides is 1. The normalized spacial score (nSPS) is 9.73. The molecule has 1 aromatic carbocycles. The van der Waals surface area contributed by atoms with E-state index in [0.717, 1.165) is 0 Å². The molecule has 1 aromatic rings. The van der Waals surface area contributed by atoms with Crippen LogP contribution in [0.3, 0.4) is 0 Å². The first kappa shape index (κ1) is 11.7. The summed E-state index contributed by atoms with van der Waals surface area (Å²) in [6, 6.07) is 4.12. The van der Waals surface area contributed by atoms with Gasteiger partial charge in [-0.15, -0.1) is 11.6 Å². The van der Waals surface area contributed by atoms with Crippen LogP contribution in [0.4, 0.5) is 11.4 Å². The number of rotatable bonds is 3. The molecule has 0 aliphatic heterocycles. The SMILES string of the molecule is O=C(CCl)Nc1c(Cl)cccc1[N+](=O)[O-]. The van der Waals surface area contributed by atoms with Crippen LogP contribution in [0.15, 0.2) is 18.2 Å². The van der Waals surface area contributed by atoms with E-state index in [1.807, 2.05) is 0 Å². The molecule has 0 bridgehead atoms. The van der Waals surface area contributed by atoms with Crippen LogP contribution in [0, 0.1) is 10.1 Å². The summed E-state index contributed by atoms with van der Waals surface area (Å²) in [4.78, 5) is 21.0. The fourth-order valence-corrected chi connectivity index (χ4v) is 1.25. The molecule has 0 aliphatic carbocycles. The van der Waals surface area contributed by atoms with E-state index in [0.29, 0.717) is 0 Å². The maximum absolute atomic E-state index is 11.0. The lowest BCUT2D eigenvalue weighted by Crippen LogP contribution is -2.14. The highest BCUT2D eigenvalue weighted by molar-refractivity contribution is 6.35. The van der Waals surface area contributed by atoms with Crippen LogP contribution in [-0.4, -0.2) is 16.7 Å². The molecule has 7 heteroatoms. The zero-order valence-corrected chi connectivity index (χ0v) is 8.88. The first-order valence-electron chi connectivity index (χ1n) is 3.85. The quantitative estimate of drug-likeness (QED) is 0.508. The lowest BCUT2D eigenvalue weighted by Gasteiger charge is -2.05. The van der Waals surface area contributed by atoms with Crippen molar-refractivity contribution >= 4 is 40.5 Å². The highest BCUT2D eigenvalue weighted by Crippen LogP contribution is 2.31. The van der Waals surface area contributed by atoms with E-state index in [2.05, 4.69) is 5.32 Å². The number of nitro benzene ring substituents is 1. The minimum Gasteiger partial charge on any atom is -0.318 e. The van der Waals surface area contributed by atoms with Crippen LogP contribution in [0.1, 0.15) is 0 Å². The molecule has 0 atom stereocenters. The highest BCUT2D eigenvalue weighted by atomic mass is 35.5. The Bertz CT molecular complexity index is 409. The van der Waals surface area contributed by atoms with Crippen molar-refractivity contribution in [2.24, 2.45) is 0 Å². The van der Waals surface area contributed by atoms with Gasteiger partial charge in [0.25, 0.3) is 5.69 Å². The third kappa shape index (κ3) is 2.81. The van der Waals surface area contributed by atoms with E-state index in [1.165, 1.54) is 18.2 Å². The number of carbonyl (C=O) groups excluding carboxylic acids is 1. The number of alkyl halides is 1. The van der Waals surface area contributed by atoms with Crippen molar-refractivity contribution in [2.75, 3.05) is 11.2 Å². The zero-order valence-electron chi connectivity index (χ0n) is 7.37. The van der Waals surface area contributed by atoms with Gasteiger partial charge in [0.05, 0.1) is 9.95 Å². The van der Waals surface area contributed by atoms with Gasteiger partial charge in [-0.2, -0.15) is 0 Å². The number of para-hydroxylation sites is 1. The second-order valence-electron chi connectivity index (χ2n) is 2.57. The summed E-state index contributed by atoms with van der Waals surface area (Å²) in [5.74, 6) is -0.838. The number of nitrogens with zero attached hydrogens (tertiary/aromatic N) is 1. The van der Waals surface area contributed by atoms with Crippen molar-refractivity contribution in [3.05, 3.63) is 33.3 Å². The largest absolute Gasteiger partial charge is 0.318 e. The van der Waals surface area contributed by atoms with Gasteiger partial charge in [0, 0.05) is 6.07 Å². The molecule has 0 heterocycles. The van der Waals surface area contributed by atoms with Crippen LogP contribution in [-0.2, 0) is 4.79 Å². The average molecular weight is 249 g/mol. The fraction of sp³-hybridized carbons (Fsp3) is 0.125. The zero-order chi connectivity index (χ0) is 11.4. The molecule has 1 rings (SSSR count). The predicted octanol–water partition coefficient (Wildman–Crippen LogP) is 2.43. The number of hydrogen-bond donors (Lipinski definition) is 1. The Hall–Kier alpha value is -1.33. The molecule has 5 nitrogen and oxygen atoms in total. The Kier molecular flexibility index (Phi) is 3.88. The number of hydrogen-bond acceptors (Lipinski definition) is 3. The van der Waals surface area contributed by atoms with Gasteiger partial charge in [-0.05, 0) is 6.07 Å². The van der Waals surface area contributed by atoms with Crippen LogP contribution >= 0.6 is 23.2 Å². The summed E-state index contributed by atoms with van der Waals surface area (Å²) in [6.45, 7) is 0. The highest BCUT2D eigenvalue weighted by Gasteiger charge is 2.18. The average Bonchev–Trinajstić information content (AvgIpc) is 2.20. The van der Waals surface area contributed by atoms with Gasteiger partial charge in [0.2, 0.25) is 5.91 Å². The van der Waals surface area contributed by atoms with Gasteiger partial charge >= 0.3 is 0 Å². The maximum atomic E-state index is 11.0. The molecule has 0 saturated carbocycles. The smallest absolute Gasteiger partial charge is 0.294 e. The lowest BCUT2D eigenvalue weighted by molar-refractivity contribution is -0.383. The Labute approximate surface area is 95.1 Å². The van der Waals surface area contributed by atoms with E-state index in [9.17, 15) is 14.9 Å². The molecule has 0 unspecified atom stereocenters.